The van der Waals surface area contributed by atoms with Crippen molar-refractivity contribution < 1.29 is 14.0 Å². The monoisotopic (exact) mass is 236 g/mol. The number of Topliss-reactive ketones (excluding diaryl/α,β-unsaturated/α-hetero) is 1. The largest absolute Gasteiger partial charge is 0.326 e. The Morgan fingerprint density at radius 1 is 1.41 bits per heavy atom. The lowest BCUT2D eigenvalue weighted by molar-refractivity contribution is 0.0951. The topological polar surface area (TPSA) is 40.6 Å². The molecule has 0 aromatic heterocycles. The number of urea groups is 1. The predicted molar refractivity (Wildman–Crippen MR) is 60.3 cm³/mol. The highest BCUT2D eigenvalue weighted by Gasteiger charge is 2.27. The molecule has 5 heteroatoms. The highest BCUT2D eigenvalue weighted by Crippen LogP contribution is 2.09. The minimum absolute atomic E-state index is 0.00657. The van der Waals surface area contributed by atoms with E-state index < -0.39 is 5.82 Å². The van der Waals surface area contributed by atoms with Crippen LogP contribution in [0.3, 0.4) is 0 Å². The van der Waals surface area contributed by atoms with E-state index in [4.69, 9.17) is 0 Å². The second-order valence-corrected chi connectivity index (χ2v) is 4.06. The first-order valence-electron chi connectivity index (χ1n) is 5.37. The van der Waals surface area contributed by atoms with E-state index >= 15 is 0 Å². The average Bonchev–Trinajstić information content (AvgIpc) is 2.61. The van der Waals surface area contributed by atoms with Gasteiger partial charge >= 0.3 is 6.03 Å². The summed E-state index contributed by atoms with van der Waals surface area (Å²) in [4.78, 5) is 26.4. The summed E-state index contributed by atoms with van der Waals surface area (Å²) >= 11 is 0. The fourth-order valence-corrected chi connectivity index (χ4v) is 1.78. The molecule has 1 aromatic rings. The van der Waals surface area contributed by atoms with Gasteiger partial charge in [-0.1, -0.05) is 12.1 Å². The van der Waals surface area contributed by atoms with Gasteiger partial charge in [0.05, 0.1) is 6.54 Å². The van der Waals surface area contributed by atoms with Crippen molar-refractivity contribution in [2.75, 3.05) is 26.7 Å². The molecule has 0 aliphatic carbocycles. The zero-order valence-corrected chi connectivity index (χ0v) is 9.52. The van der Waals surface area contributed by atoms with Gasteiger partial charge in [-0.3, -0.25) is 4.79 Å². The summed E-state index contributed by atoms with van der Waals surface area (Å²) in [6, 6.07) is 5.35. The molecular weight excluding hydrogens is 223 g/mol. The van der Waals surface area contributed by atoms with Gasteiger partial charge in [-0.05, 0) is 12.1 Å². The van der Waals surface area contributed by atoms with Crippen LogP contribution in [-0.2, 0) is 0 Å². The molecule has 2 amide bonds. The Bertz CT molecular complexity index is 462. The molecule has 1 saturated heterocycles. The van der Waals surface area contributed by atoms with Gasteiger partial charge in [0.25, 0.3) is 0 Å². The quantitative estimate of drug-likeness (QED) is 0.744. The van der Waals surface area contributed by atoms with Crippen LogP contribution in [0.5, 0.6) is 0 Å². The highest BCUT2D eigenvalue weighted by molar-refractivity contribution is 5.99. The number of nitrogens with zero attached hydrogens (tertiary/aromatic N) is 2. The molecule has 0 unspecified atom stereocenters. The summed E-state index contributed by atoms with van der Waals surface area (Å²) < 4.78 is 12.9. The van der Waals surface area contributed by atoms with Crippen LogP contribution in [0.25, 0.3) is 0 Å². The number of carbonyl (C=O) groups excluding carboxylic acids is 2. The Hall–Kier alpha value is -1.91. The van der Waals surface area contributed by atoms with E-state index in [1.807, 2.05) is 0 Å². The summed E-state index contributed by atoms with van der Waals surface area (Å²) in [6.45, 7) is 1.16. The molecule has 1 aliphatic heterocycles. The first-order chi connectivity index (χ1) is 8.08. The van der Waals surface area contributed by atoms with Crippen LogP contribution in [0.15, 0.2) is 24.3 Å². The van der Waals surface area contributed by atoms with Crippen molar-refractivity contribution in [3.63, 3.8) is 0 Å². The first kappa shape index (κ1) is 11.6. The third-order valence-electron chi connectivity index (χ3n) is 2.78. The molecule has 0 saturated carbocycles. The van der Waals surface area contributed by atoms with Gasteiger partial charge in [-0.25, -0.2) is 9.18 Å². The predicted octanol–water partition coefficient (Wildman–Crippen LogP) is 1.38. The third kappa shape index (κ3) is 2.43. The summed E-state index contributed by atoms with van der Waals surface area (Å²) in [5.74, 6) is -0.686. The summed E-state index contributed by atoms with van der Waals surface area (Å²) in [5, 5.41) is 0. The van der Waals surface area contributed by atoms with Crippen molar-refractivity contribution in [2.24, 2.45) is 0 Å². The maximum atomic E-state index is 12.9. The van der Waals surface area contributed by atoms with Gasteiger partial charge in [0, 0.05) is 25.7 Å². The lowest BCUT2D eigenvalue weighted by atomic mass is 10.1. The maximum absolute atomic E-state index is 12.9. The molecule has 1 aliphatic rings. The van der Waals surface area contributed by atoms with E-state index in [1.165, 1.54) is 23.1 Å². The average molecular weight is 236 g/mol. The van der Waals surface area contributed by atoms with Gasteiger partial charge < -0.3 is 9.80 Å². The SMILES string of the molecule is CN1CCN(CC(=O)c2cccc(F)c2)C1=O. The number of rotatable bonds is 3. The van der Waals surface area contributed by atoms with Crippen molar-refractivity contribution in [1.29, 1.82) is 0 Å². The Labute approximate surface area is 98.6 Å². The van der Waals surface area contributed by atoms with E-state index in [2.05, 4.69) is 0 Å². The number of ketones is 1. The number of likely N-dealkylation sites (N-methyl/N-ethyl adjacent to an activating group) is 1. The van der Waals surface area contributed by atoms with Gasteiger partial charge in [-0.15, -0.1) is 0 Å². The first-order valence-corrected chi connectivity index (χ1v) is 5.37. The summed E-state index contributed by atoms with van der Waals surface area (Å²) in [7, 11) is 1.69. The minimum Gasteiger partial charge on any atom is -0.326 e. The van der Waals surface area contributed by atoms with E-state index in [-0.39, 0.29) is 18.4 Å². The Morgan fingerprint density at radius 3 is 2.76 bits per heavy atom. The van der Waals surface area contributed by atoms with Crippen LogP contribution >= 0.6 is 0 Å². The highest BCUT2D eigenvalue weighted by atomic mass is 19.1. The lowest BCUT2D eigenvalue weighted by Crippen LogP contribution is -2.33. The normalized spacial score (nSPS) is 15.5. The van der Waals surface area contributed by atoms with Gasteiger partial charge in [0.1, 0.15) is 5.82 Å². The maximum Gasteiger partial charge on any atom is 0.320 e. The fourth-order valence-electron chi connectivity index (χ4n) is 1.78. The van der Waals surface area contributed by atoms with Crippen molar-refractivity contribution in [3.05, 3.63) is 35.6 Å². The van der Waals surface area contributed by atoms with E-state index in [1.54, 1.807) is 18.0 Å². The molecular formula is C12H13FN2O2. The van der Waals surface area contributed by atoms with Crippen LogP contribution in [0.1, 0.15) is 10.4 Å². The Kier molecular flexibility index (Phi) is 3.08. The Balaban J connectivity index is 2.05. The standard InChI is InChI=1S/C12H13FN2O2/c1-14-5-6-15(12(14)17)8-11(16)9-3-2-4-10(13)7-9/h2-4,7H,5-6,8H2,1H3. The number of halogens is 1. The van der Waals surface area contributed by atoms with Crippen LogP contribution in [-0.4, -0.2) is 48.3 Å². The lowest BCUT2D eigenvalue weighted by Gasteiger charge is -2.14. The molecule has 1 aromatic carbocycles. The van der Waals surface area contributed by atoms with E-state index in [0.717, 1.165) is 0 Å². The minimum atomic E-state index is -0.444. The molecule has 1 heterocycles. The molecule has 0 radical (unpaired) electrons. The summed E-state index contributed by atoms with van der Waals surface area (Å²) in [6.07, 6.45) is 0. The van der Waals surface area contributed by atoms with Gasteiger partial charge in [0.2, 0.25) is 0 Å². The van der Waals surface area contributed by atoms with E-state index in [0.29, 0.717) is 18.7 Å². The summed E-state index contributed by atoms with van der Waals surface area (Å²) in [5.41, 5.74) is 0.298. The molecule has 90 valence electrons. The third-order valence-corrected chi connectivity index (χ3v) is 2.78. The number of hydrogen-bond donors (Lipinski definition) is 0. The molecule has 0 atom stereocenters. The van der Waals surface area contributed by atoms with Crippen LogP contribution in [0, 0.1) is 5.82 Å². The van der Waals surface area contributed by atoms with Gasteiger partial charge in [0.15, 0.2) is 5.78 Å². The van der Waals surface area contributed by atoms with Crippen molar-refractivity contribution in [1.82, 2.24) is 9.80 Å². The Morgan fingerprint density at radius 2 is 2.18 bits per heavy atom. The molecule has 0 bridgehead atoms. The fraction of sp³-hybridized carbons (Fsp3) is 0.333. The second-order valence-electron chi connectivity index (χ2n) is 4.06. The second kappa shape index (κ2) is 4.53. The molecule has 1 fully saturated rings. The number of hydrogen-bond acceptors (Lipinski definition) is 2. The molecule has 17 heavy (non-hydrogen) atoms. The molecule has 0 spiro atoms. The van der Waals surface area contributed by atoms with Crippen LogP contribution in [0.4, 0.5) is 9.18 Å². The van der Waals surface area contributed by atoms with Crippen molar-refractivity contribution in [2.45, 2.75) is 0 Å². The van der Waals surface area contributed by atoms with Crippen molar-refractivity contribution in [3.8, 4) is 0 Å². The van der Waals surface area contributed by atoms with Crippen LogP contribution in [0.2, 0.25) is 0 Å². The molecule has 4 nitrogen and oxygen atoms in total. The molecule has 2 rings (SSSR count). The molecule has 0 N–H and O–H groups in total. The number of amides is 2. The number of carbonyl (C=O) groups is 2. The van der Waals surface area contributed by atoms with Crippen LogP contribution < -0.4 is 0 Å². The zero-order chi connectivity index (χ0) is 12.4. The number of benzene rings is 1. The smallest absolute Gasteiger partial charge is 0.320 e. The zero-order valence-electron chi connectivity index (χ0n) is 9.52. The van der Waals surface area contributed by atoms with Gasteiger partial charge in [-0.2, -0.15) is 0 Å². The van der Waals surface area contributed by atoms with Crippen molar-refractivity contribution >= 4 is 11.8 Å². The van der Waals surface area contributed by atoms with E-state index in [9.17, 15) is 14.0 Å².